The summed E-state index contributed by atoms with van der Waals surface area (Å²) in [6.07, 6.45) is 1.35. The number of unbranched alkanes of at least 4 members (excludes halogenated alkanes) is 1. The number of nitrogens with two attached hydrogens (primary N) is 1. The second-order valence-corrected chi connectivity index (χ2v) is 6.39. The van der Waals surface area contributed by atoms with Crippen molar-refractivity contribution in [1.29, 1.82) is 0 Å². The third kappa shape index (κ3) is 3.32. The molecule has 1 heterocycles. The molecule has 1 amide bonds. The predicted octanol–water partition coefficient (Wildman–Crippen LogP) is 1.14. The van der Waals surface area contributed by atoms with E-state index in [-0.39, 0.29) is 29.6 Å². The summed E-state index contributed by atoms with van der Waals surface area (Å²) in [5, 5.41) is 2.60. The average molecular weight is 299 g/mol. The lowest BCUT2D eigenvalue weighted by atomic mass is 10.2. The van der Waals surface area contributed by atoms with Gasteiger partial charge in [-0.1, -0.05) is 13.3 Å². The second kappa shape index (κ2) is 5.58. The first-order valence-corrected chi connectivity index (χ1v) is 7.93. The van der Waals surface area contributed by atoms with Crippen LogP contribution in [0.25, 0.3) is 0 Å². The maximum Gasteiger partial charge on any atom is 0.262 e. The van der Waals surface area contributed by atoms with E-state index in [1.807, 2.05) is 6.92 Å². The normalized spacial score (nSPS) is 14.2. The molecule has 0 spiro atoms. The van der Waals surface area contributed by atoms with Crippen LogP contribution in [0.4, 0.5) is 17.1 Å². The maximum absolute atomic E-state index is 11.9. The lowest BCUT2D eigenvalue weighted by Gasteiger charge is -2.20. The summed E-state index contributed by atoms with van der Waals surface area (Å²) in [7, 11) is -3.44. The minimum Gasteiger partial charge on any atom is -0.482 e. The van der Waals surface area contributed by atoms with Gasteiger partial charge in [0.25, 0.3) is 5.91 Å². The van der Waals surface area contributed by atoms with Gasteiger partial charge in [-0.05, 0) is 12.5 Å². The minimum absolute atomic E-state index is 0.0306. The molecule has 1 aliphatic heterocycles. The number of amides is 1. The molecule has 0 unspecified atom stereocenters. The van der Waals surface area contributed by atoms with Crippen LogP contribution in [0.2, 0.25) is 0 Å². The highest BCUT2D eigenvalue weighted by molar-refractivity contribution is 7.92. The largest absolute Gasteiger partial charge is 0.482 e. The number of benzene rings is 1. The van der Waals surface area contributed by atoms with Crippen molar-refractivity contribution in [2.45, 2.75) is 19.8 Å². The Hall–Kier alpha value is -1.96. The Balaban J connectivity index is 2.24. The van der Waals surface area contributed by atoms with Gasteiger partial charge in [0.1, 0.15) is 5.75 Å². The number of hydrogen-bond acceptors (Lipinski definition) is 5. The van der Waals surface area contributed by atoms with E-state index in [0.717, 1.165) is 6.42 Å². The highest BCUT2D eigenvalue weighted by Gasteiger charge is 2.19. The summed E-state index contributed by atoms with van der Waals surface area (Å²) in [4.78, 5) is 11.2. The van der Waals surface area contributed by atoms with Crippen LogP contribution in [0, 0.1) is 0 Å². The van der Waals surface area contributed by atoms with Gasteiger partial charge >= 0.3 is 0 Å². The van der Waals surface area contributed by atoms with E-state index in [4.69, 9.17) is 10.5 Å². The van der Waals surface area contributed by atoms with Crippen molar-refractivity contribution in [3.05, 3.63) is 12.1 Å². The van der Waals surface area contributed by atoms with E-state index in [9.17, 15) is 13.2 Å². The van der Waals surface area contributed by atoms with Gasteiger partial charge < -0.3 is 15.8 Å². The van der Waals surface area contributed by atoms with E-state index in [0.29, 0.717) is 17.9 Å². The van der Waals surface area contributed by atoms with Gasteiger partial charge in [0.05, 0.1) is 22.8 Å². The monoisotopic (exact) mass is 299 g/mol. The van der Waals surface area contributed by atoms with Gasteiger partial charge in [-0.2, -0.15) is 0 Å². The molecule has 110 valence electrons. The van der Waals surface area contributed by atoms with E-state index < -0.39 is 10.0 Å². The zero-order valence-corrected chi connectivity index (χ0v) is 11.9. The summed E-state index contributed by atoms with van der Waals surface area (Å²) in [5.74, 6) is 0.170. The zero-order valence-electron chi connectivity index (χ0n) is 11.1. The molecule has 8 heteroatoms. The summed E-state index contributed by atoms with van der Waals surface area (Å²) in [6.45, 7) is 1.84. The van der Waals surface area contributed by atoms with Crippen molar-refractivity contribution < 1.29 is 17.9 Å². The van der Waals surface area contributed by atoms with Gasteiger partial charge in [0.15, 0.2) is 6.61 Å². The molecule has 0 saturated carbocycles. The van der Waals surface area contributed by atoms with Crippen LogP contribution < -0.4 is 20.5 Å². The quantitative estimate of drug-likeness (QED) is 0.706. The standard InChI is InChI=1S/C12H17N3O4S/c1-2-3-4-20(17,18)15-9-6-10-11(5-8(9)13)19-7-12(16)14-10/h5-6,15H,2-4,7,13H2,1H3,(H,14,16). The summed E-state index contributed by atoms with van der Waals surface area (Å²) < 4.78 is 31.3. The molecule has 0 aliphatic carbocycles. The van der Waals surface area contributed by atoms with Gasteiger partial charge in [0.2, 0.25) is 10.0 Å². The number of hydrogen-bond donors (Lipinski definition) is 3. The molecule has 1 aromatic carbocycles. The first kappa shape index (κ1) is 14.4. The number of nitrogen functional groups attached to an aromatic ring is 1. The third-order valence-corrected chi connectivity index (χ3v) is 4.17. The molecule has 1 aliphatic rings. The van der Waals surface area contributed by atoms with Crippen molar-refractivity contribution in [1.82, 2.24) is 0 Å². The first-order chi connectivity index (χ1) is 9.41. The molecular formula is C12H17N3O4S. The van der Waals surface area contributed by atoms with Gasteiger partial charge in [-0.15, -0.1) is 0 Å². The molecule has 0 atom stereocenters. The molecule has 4 N–H and O–H groups in total. The number of rotatable bonds is 5. The van der Waals surface area contributed by atoms with Crippen molar-refractivity contribution in [2.24, 2.45) is 0 Å². The number of carbonyl (C=O) groups excluding carboxylic acids is 1. The number of carbonyl (C=O) groups is 1. The summed E-state index contributed by atoms with van der Waals surface area (Å²) in [5.41, 5.74) is 6.69. The number of nitrogens with one attached hydrogen (secondary N) is 2. The van der Waals surface area contributed by atoms with E-state index >= 15 is 0 Å². The van der Waals surface area contributed by atoms with Gasteiger partial charge in [-0.3, -0.25) is 9.52 Å². The minimum atomic E-state index is -3.44. The predicted molar refractivity (Wildman–Crippen MR) is 77.3 cm³/mol. The van der Waals surface area contributed by atoms with Gasteiger partial charge in [0, 0.05) is 6.07 Å². The number of sulfonamides is 1. The molecule has 1 aromatic rings. The molecule has 7 nitrogen and oxygen atoms in total. The molecule has 0 bridgehead atoms. The molecular weight excluding hydrogens is 282 g/mol. The third-order valence-electron chi connectivity index (χ3n) is 2.82. The van der Waals surface area contributed by atoms with E-state index in [1.165, 1.54) is 12.1 Å². The van der Waals surface area contributed by atoms with Crippen LogP contribution in [-0.2, 0) is 14.8 Å². The van der Waals surface area contributed by atoms with E-state index in [2.05, 4.69) is 10.0 Å². The zero-order chi connectivity index (χ0) is 14.8. The van der Waals surface area contributed by atoms with E-state index in [1.54, 1.807) is 0 Å². The fourth-order valence-corrected chi connectivity index (χ4v) is 3.07. The number of anilines is 3. The molecule has 0 fully saturated rings. The van der Waals surface area contributed by atoms with Crippen LogP contribution in [0.15, 0.2) is 12.1 Å². The Morgan fingerprint density at radius 1 is 1.45 bits per heavy atom. The van der Waals surface area contributed by atoms with Crippen LogP contribution in [-0.4, -0.2) is 26.7 Å². The Morgan fingerprint density at radius 3 is 2.90 bits per heavy atom. The number of fused-ring (bicyclic) bond motifs is 1. The Labute approximate surface area is 117 Å². The van der Waals surface area contributed by atoms with Crippen molar-refractivity contribution in [3.63, 3.8) is 0 Å². The van der Waals surface area contributed by atoms with Crippen molar-refractivity contribution >= 4 is 33.0 Å². The smallest absolute Gasteiger partial charge is 0.262 e. The number of ether oxygens (including phenoxy) is 1. The Morgan fingerprint density at radius 2 is 2.20 bits per heavy atom. The maximum atomic E-state index is 11.9. The van der Waals surface area contributed by atoms with Crippen LogP contribution >= 0.6 is 0 Å². The first-order valence-electron chi connectivity index (χ1n) is 6.28. The van der Waals surface area contributed by atoms with Crippen molar-refractivity contribution in [2.75, 3.05) is 28.1 Å². The molecule has 2 rings (SSSR count). The molecule has 0 radical (unpaired) electrons. The topological polar surface area (TPSA) is 111 Å². The summed E-state index contributed by atoms with van der Waals surface area (Å²) >= 11 is 0. The fourth-order valence-electron chi connectivity index (χ4n) is 1.78. The molecule has 0 aromatic heterocycles. The lowest BCUT2D eigenvalue weighted by molar-refractivity contribution is -0.118. The lowest BCUT2D eigenvalue weighted by Crippen LogP contribution is -2.26. The highest BCUT2D eigenvalue weighted by Crippen LogP contribution is 2.35. The van der Waals surface area contributed by atoms with Crippen molar-refractivity contribution in [3.8, 4) is 5.75 Å². The summed E-state index contributed by atoms with van der Waals surface area (Å²) in [6, 6.07) is 2.96. The molecule has 20 heavy (non-hydrogen) atoms. The SMILES string of the molecule is CCCCS(=O)(=O)Nc1cc2c(cc1N)OCC(=O)N2. The Kier molecular flexibility index (Phi) is 4.03. The fraction of sp³-hybridized carbons (Fsp3) is 0.417. The molecule has 0 saturated heterocycles. The Bertz CT molecular complexity index is 628. The van der Waals surface area contributed by atoms with Gasteiger partial charge in [-0.25, -0.2) is 8.42 Å². The van der Waals surface area contributed by atoms with Crippen LogP contribution in [0.1, 0.15) is 19.8 Å². The second-order valence-electron chi connectivity index (χ2n) is 4.55. The average Bonchev–Trinajstić information content (AvgIpc) is 2.37. The van der Waals surface area contributed by atoms with Crippen LogP contribution in [0.3, 0.4) is 0 Å². The van der Waals surface area contributed by atoms with Crippen LogP contribution in [0.5, 0.6) is 5.75 Å². The highest BCUT2D eigenvalue weighted by atomic mass is 32.2.